The van der Waals surface area contributed by atoms with Crippen LogP contribution in [0, 0.1) is 0 Å². The van der Waals surface area contributed by atoms with Gasteiger partial charge < -0.3 is 23.5 Å². The van der Waals surface area contributed by atoms with Crippen molar-refractivity contribution < 1.29 is 9.47 Å². The topological polar surface area (TPSA) is 31.6 Å². The molecule has 2 aliphatic heterocycles. The molecule has 4 heterocycles. The molecule has 0 unspecified atom stereocenters. The van der Waals surface area contributed by atoms with Gasteiger partial charge in [0.05, 0.1) is 38.6 Å². The number of ether oxygens (including phenoxy) is 2. The zero-order chi connectivity index (χ0) is 82.7. The maximum Gasteiger partial charge on any atom is 0.132 e. The van der Waals surface area contributed by atoms with Crippen molar-refractivity contribution >= 4 is 93.8 Å². The lowest BCUT2D eigenvalue weighted by Gasteiger charge is -2.39. The molecule has 0 N–H and O–H groups in total. The van der Waals surface area contributed by atoms with Crippen molar-refractivity contribution in [1.29, 1.82) is 0 Å². The Balaban J connectivity index is 0.000000120. The first-order chi connectivity index (χ1) is 61.9. The number of anilines is 3. The predicted octanol–water partition coefficient (Wildman–Crippen LogP) is 32.2. The van der Waals surface area contributed by atoms with Gasteiger partial charge in [-0.3, -0.25) is 0 Å². The first kappa shape index (κ1) is 75.2. The lowest BCUT2D eigenvalue weighted by molar-refractivity contribution is 0.436. The van der Waals surface area contributed by atoms with Crippen LogP contribution in [0.1, 0.15) is 63.1 Å². The van der Waals surface area contributed by atoms with E-state index in [0.29, 0.717) is 0 Å². The van der Waals surface area contributed by atoms with E-state index >= 15 is 0 Å². The molecule has 2 spiro atoms. The van der Waals surface area contributed by atoms with Crippen molar-refractivity contribution in [2.45, 2.75) is 24.7 Å². The molecule has 0 amide bonds. The molecule has 4 aliphatic rings. The summed E-state index contributed by atoms with van der Waals surface area (Å²) >= 11 is 6.54. The number of halogens is 1. The van der Waals surface area contributed by atoms with E-state index in [1.165, 1.54) is 154 Å². The van der Waals surface area contributed by atoms with Gasteiger partial charge in [-0.2, -0.15) is 0 Å². The minimum absolute atomic E-state index is 0. The van der Waals surface area contributed by atoms with Crippen LogP contribution in [-0.2, 0) is 17.3 Å². The molecule has 2 aliphatic carbocycles. The fourth-order valence-corrected chi connectivity index (χ4v) is 21.3. The standard InChI is InChI=1S/C59H38N2O.C31H23N.C29H17ClO.CH4/c1-3-17-39(18-4-1)44-22-9-13-27-53(44)60(43-33-36-55-47(37-43)46-24-10-14-28-54(46)61(55)41-20-5-2-6-21-41)42-32-35-49-48(38-42)58-45-23-8-7-19-40(45)31-34-52(58)59(49)50-25-11-15-29-56(50)62-57-30-16-12-26-51(57)59;1-3-11-24(12-4-1)27-16-8-7-13-25(27)21-23-19-20-31-29(22-23)28-17-9-10-18-30(28)32(31)26-14-5-2-6-15-26;30-19-14-16-22-21(17-19)28-20-8-2-1-7-18(20)13-15-25(28)29(22)23-9-3-5-11-26(23)31-27-12-6-4-10-24(27)29;/h1-38H;1-20,22H,21H2;1-17H;1H4. The van der Waals surface area contributed by atoms with E-state index in [1.54, 1.807) is 0 Å². The van der Waals surface area contributed by atoms with Crippen LogP contribution < -0.4 is 14.4 Å². The SMILES string of the molecule is C.Clc1ccc2c(c1)-c1c(ccc3ccccc13)C21c2ccccc2Oc2ccccc21.c1ccc(-c2ccccc2Cc2ccc3c(c2)c2ccccc2n3-c2ccccc2)cc1.c1ccc(-c2ccccc2N(c2ccc3c(c2)-c2c(ccc4ccccc24)C32c3ccccc3Oc3ccccc32)c2ccc3c(c2)c2ccccc2n3-c2ccccc2)cc1. The number of hydrogen-bond donors (Lipinski definition) is 0. The fourth-order valence-electron chi connectivity index (χ4n) is 21.1. The van der Waals surface area contributed by atoms with Crippen LogP contribution in [0.5, 0.6) is 23.0 Å². The van der Waals surface area contributed by atoms with Gasteiger partial charge in [-0.05, 0) is 222 Å². The third kappa shape index (κ3) is 11.8. The van der Waals surface area contributed by atoms with Crippen LogP contribution in [0.15, 0.2) is 461 Å². The monoisotopic (exact) mass is 1630 g/mol. The van der Waals surface area contributed by atoms with Gasteiger partial charge >= 0.3 is 0 Å². The van der Waals surface area contributed by atoms with Gasteiger partial charge in [-0.1, -0.05) is 359 Å². The van der Waals surface area contributed by atoms with Crippen LogP contribution in [0.2, 0.25) is 5.02 Å². The van der Waals surface area contributed by atoms with Gasteiger partial charge in [0.25, 0.3) is 0 Å². The molecular weight excluding hydrogens is 1550 g/mol. The second-order valence-corrected chi connectivity index (χ2v) is 33.3. The average Bonchev–Trinajstić information content (AvgIpc) is 1.51. The number of aromatic nitrogens is 2. The van der Waals surface area contributed by atoms with E-state index in [9.17, 15) is 0 Å². The maximum atomic E-state index is 6.70. The Bertz CT molecular complexity index is 7960. The summed E-state index contributed by atoms with van der Waals surface area (Å²) in [4.78, 5) is 2.47. The average molecular weight is 1630 g/mol. The molecule has 22 aromatic rings. The van der Waals surface area contributed by atoms with Crippen molar-refractivity contribution in [1.82, 2.24) is 9.13 Å². The van der Waals surface area contributed by atoms with Crippen molar-refractivity contribution in [2.75, 3.05) is 4.90 Å². The van der Waals surface area contributed by atoms with Crippen LogP contribution in [0.25, 0.3) is 121 Å². The largest absolute Gasteiger partial charge is 0.457 e. The van der Waals surface area contributed by atoms with Gasteiger partial charge in [-0.15, -0.1) is 0 Å². The molecule has 5 nitrogen and oxygen atoms in total. The molecule has 0 saturated carbocycles. The van der Waals surface area contributed by atoms with Gasteiger partial charge in [0.1, 0.15) is 23.0 Å². The molecule has 20 aromatic carbocycles. The summed E-state index contributed by atoms with van der Waals surface area (Å²) in [5.74, 6) is 3.60. The lowest BCUT2D eigenvalue weighted by Crippen LogP contribution is -2.32. The van der Waals surface area contributed by atoms with Crippen LogP contribution >= 0.6 is 11.6 Å². The summed E-state index contributed by atoms with van der Waals surface area (Å²) in [6, 6.07) is 166. The summed E-state index contributed by atoms with van der Waals surface area (Å²) in [7, 11) is 0. The summed E-state index contributed by atoms with van der Waals surface area (Å²) < 4.78 is 17.8. The second-order valence-electron chi connectivity index (χ2n) is 32.9. The Labute approximate surface area is 737 Å². The van der Waals surface area contributed by atoms with Crippen molar-refractivity contribution in [3.8, 4) is 78.9 Å². The van der Waals surface area contributed by atoms with E-state index in [0.717, 1.165) is 73.9 Å². The number of fused-ring (bicyclic) bond motifs is 28. The summed E-state index contributed by atoms with van der Waals surface area (Å²) in [5, 5.41) is 10.7. The van der Waals surface area contributed by atoms with E-state index in [1.807, 2.05) is 18.2 Å². The molecule has 0 fully saturated rings. The zero-order valence-corrected chi connectivity index (χ0v) is 68.9. The smallest absolute Gasteiger partial charge is 0.132 e. The highest BCUT2D eigenvalue weighted by Crippen LogP contribution is 2.66. The summed E-state index contributed by atoms with van der Waals surface area (Å²) in [6.07, 6.45) is 0.909. The first-order valence-corrected chi connectivity index (χ1v) is 43.3. The van der Waals surface area contributed by atoms with Crippen molar-refractivity contribution in [3.63, 3.8) is 0 Å². The normalized spacial score (nSPS) is 12.9. The van der Waals surface area contributed by atoms with Crippen LogP contribution in [-0.4, -0.2) is 9.13 Å². The zero-order valence-electron chi connectivity index (χ0n) is 68.1. The van der Waals surface area contributed by atoms with Crippen molar-refractivity contribution in [2.24, 2.45) is 0 Å². The molecule has 6 heteroatoms. The third-order valence-electron chi connectivity index (χ3n) is 26.3. The first-order valence-electron chi connectivity index (χ1n) is 42.9. The van der Waals surface area contributed by atoms with Gasteiger partial charge in [0.2, 0.25) is 0 Å². The quantitative estimate of drug-likeness (QED) is 0.144. The minimum Gasteiger partial charge on any atom is -0.457 e. The Morgan fingerprint density at radius 2 is 0.627 bits per heavy atom. The number of para-hydroxylation sites is 9. The highest BCUT2D eigenvalue weighted by atomic mass is 35.5. The predicted molar refractivity (Wildman–Crippen MR) is 524 cm³/mol. The summed E-state index contributed by atoms with van der Waals surface area (Å²) in [6.45, 7) is 0. The Kier molecular flexibility index (Phi) is 18.3. The third-order valence-corrected chi connectivity index (χ3v) is 26.5. The molecule has 596 valence electrons. The minimum atomic E-state index is -0.580. The molecule has 2 aromatic heterocycles. The molecular formula is C120H82ClN3O2. The van der Waals surface area contributed by atoms with E-state index in [4.69, 9.17) is 21.1 Å². The van der Waals surface area contributed by atoms with Gasteiger partial charge in [0.15, 0.2) is 0 Å². The molecule has 0 saturated heterocycles. The Morgan fingerprint density at radius 1 is 0.254 bits per heavy atom. The Morgan fingerprint density at radius 3 is 1.16 bits per heavy atom. The lowest BCUT2D eigenvalue weighted by atomic mass is 9.66. The number of rotatable bonds is 9. The van der Waals surface area contributed by atoms with Crippen molar-refractivity contribution in [3.05, 3.63) is 522 Å². The number of nitrogens with zero attached hydrogens (tertiary/aromatic N) is 3. The highest BCUT2D eigenvalue weighted by Gasteiger charge is 2.53. The second kappa shape index (κ2) is 30.7. The van der Waals surface area contributed by atoms with E-state index < -0.39 is 10.8 Å². The number of hydrogen-bond acceptors (Lipinski definition) is 3. The summed E-state index contributed by atoms with van der Waals surface area (Å²) in [5.41, 5.74) is 31.7. The maximum absolute atomic E-state index is 6.70. The van der Waals surface area contributed by atoms with Crippen LogP contribution in [0.4, 0.5) is 17.1 Å². The molecule has 126 heavy (non-hydrogen) atoms. The highest BCUT2D eigenvalue weighted by molar-refractivity contribution is 6.31. The molecule has 0 bridgehead atoms. The van der Waals surface area contributed by atoms with Gasteiger partial charge in [-0.25, -0.2) is 0 Å². The molecule has 26 rings (SSSR count). The molecule has 0 radical (unpaired) electrons. The van der Waals surface area contributed by atoms with E-state index in [2.05, 4.69) is 457 Å². The van der Waals surface area contributed by atoms with Gasteiger partial charge in [0, 0.05) is 77.1 Å². The molecule has 0 atom stereocenters. The van der Waals surface area contributed by atoms with E-state index in [-0.39, 0.29) is 7.43 Å². The fraction of sp³-hybridized carbons (Fsp3) is 0.0333. The Hall–Kier alpha value is -15.8. The number of benzene rings is 20. The van der Waals surface area contributed by atoms with Crippen LogP contribution in [0.3, 0.4) is 0 Å².